The Hall–Kier alpha value is -2.71. The quantitative estimate of drug-likeness (QED) is 0.576. The van der Waals surface area contributed by atoms with Crippen molar-refractivity contribution in [3.63, 3.8) is 0 Å². The molecule has 172 valence electrons. The molecule has 5 rings (SSSR count). The zero-order valence-corrected chi connectivity index (χ0v) is 20.0. The van der Waals surface area contributed by atoms with Crippen LogP contribution in [0.3, 0.4) is 0 Å². The summed E-state index contributed by atoms with van der Waals surface area (Å²) in [7, 11) is 1.59. The average molecular weight is 484 g/mol. The Balaban J connectivity index is 1.53. The topological polar surface area (TPSA) is 72.3 Å². The molecule has 0 spiro atoms. The van der Waals surface area contributed by atoms with E-state index >= 15 is 0 Å². The van der Waals surface area contributed by atoms with Gasteiger partial charge in [0.25, 0.3) is 0 Å². The minimum Gasteiger partial charge on any atom is -0.495 e. The van der Waals surface area contributed by atoms with Crippen LogP contribution in [0.2, 0.25) is 5.02 Å². The van der Waals surface area contributed by atoms with Gasteiger partial charge in [-0.3, -0.25) is 4.79 Å². The number of rotatable bonds is 4. The molecule has 0 saturated carbocycles. The maximum absolute atomic E-state index is 13.7. The van der Waals surface area contributed by atoms with Crippen molar-refractivity contribution in [1.29, 1.82) is 0 Å². The molecule has 1 amide bonds. The Bertz CT molecular complexity index is 1130. The number of carbonyl (C=O) groups excluding carboxylic acids is 1. The summed E-state index contributed by atoms with van der Waals surface area (Å²) in [5.74, 6) is 1.44. The lowest BCUT2D eigenvalue weighted by Gasteiger charge is -2.35. The second-order valence-electron chi connectivity index (χ2n) is 8.29. The van der Waals surface area contributed by atoms with Gasteiger partial charge in [0.2, 0.25) is 11.1 Å². The average Bonchev–Trinajstić information content (AvgIpc) is 3.07. The van der Waals surface area contributed by atoms with Gasteiger partial charge in [0.15, 0.2) is 5.82 Å². The van der Waals surface area contributed by atoms with Crippen LogP contribution in [0, 0.1) is 0 Å². The molecule has 1 N–H and O–H groups in total. The first-order valence-corrected chi connectivity index (χ1v) is 12.5. The SMILES string of the molecule is COc1ccc(C2Nn3c(nnc3-c3ccccc3)SC2C(=O)N2CCCCCC2)cc1Cl. The molecule has 0 aliphatic carbocycles. The minimum absolute atomic E-state index is 0.127. The maximum Gasteiger partial charge on any atom is 0.238 e. The monoisotopic (exact) mass is 483 g/mol. The Morgan fingerprint density at radius 1 is 1.09 bits per heavy atom. The van der Waals surface area contributed by atoms with Crippen molar-refractivity contribution in [2.75, 3.05) is 25.6 Å². The lowest BCUT2D eigenvalue weighted by Crippen LogP contribution is -2.46. The first-order chi connectivity index (χ1) is 16.2. The van der Waals surface area contributed by atoms with Crippen molar-refractivity contribution in [3.05, 3.63) is 59.1 Å². The summed E-state index contributed by atoms with van der Waals surface area (Å²) in [6.07, 6.45) is 4.44. The van der Waals surface area contributed by atoms with Crippen molar-refractivity contribution in [1.82, 2.24) is 19.8 Å². The van der Waals surface area contributed by atoms with Gasteiger partial charge in [0.05, 0.1) is 18.2 Å². The summed E-state index contributed by atoms with van der Waals surface area (Å²) in [5, 5.41) is 9.63. The van der Waals surface area contributed by atoms with E-state index in [2.05, 4.69) is 15.6 Å². The van der Waals surface area contributed by atoms with Crippen LogP contribution in [0.5, 0.6) is 5.75 Å². The van der Waals surface area contributed by atoms with Gasteiger partial charge in [-0.25, -0.2) is 4.68 Å². The molecule has 2 unspecified atom stereocenters. The zero-order valence-electron chi connectivity index (χ0n) is 18.4. The summed E-state index contributed by atoms with van der Waals surface area (Å²) >= 11 is 7.93. The van der Waals surface area contributed by atoms with Crippen molar-refractivity contribution in [3.8, 4) is 17.1 Å². The minimum atomic E-state index is -0.382. The number of halogens is 1. The number of methoxy groups -OCH3 is 1. The molecule has 2 aromatic carbocycles. The van der Waals surface area contributed by atoms with Gasteiger partial charge >= 0.3 is 0 Å². The van der Waals surface area contributed by atoms with Gasteiger partial charge in [-0.15, -0.1) is 10.2 Å². The highest BCUT2D eigenvalue weighted by Crippen LogP contribution is 2.41. The number of nitrogens with zero attached hydrogens (tertiary/aromatic N) is 4. The van der Waals surface area contributed by atoms with E-state index in [-0.39, 0.29) is 17.2 Å². The third-order valence-electron chi connectivity index (χ3n) is 6.16. The molecule has 7 nitrogen and oxygen atoms in total. The number of fused-ring (bicyclic) bond motifs is 1. The third kappa shape index (κ3) is 4.42. The smallest absolute Gasteiger partial charge is 0.238 e. The maximum atomic E-state index is 13.7. The fourth-order valence-electron chi connectivity index (χ4n) is 4.41. The number of benzene rings is 2. The van der Waals surface area contributed by atoms with E-state index in [0.29, 0.717) is 21.8 Å². The third-order valence-corrected chi connectivity index (χ3v) is 7.66. The molecule has 1 fully saturated rings. The predicted molar refractivity (Wildman–Crippen MR) is 130 cm³/mol. The first kappa shape index (κ1) is 22.1. The molecular weight excluding hydrogens is 458 g/mol. The standard InChI is InChI=1S/C24H26ClN5O2S/c1-32-19-12-11-17(15-18(19)25)20-21(23(31)29-13-7-2-3-8-14-29)33-24-27-26-22(30(24)28-20)16-9-5-4-6-10-16/h4-6,9-12,15,20-21,28H,2-3,7-8,13-14H2,1H3. The molecule has 3 heterocycles. The lowest BCUT2D eigenvalue weighted by molar-refractivity contribution is -0.131. The largest absolute Gasteiger partial charge is 0.495 e. The molecule has 2 aliphatic rings. The molecule has 9 heteroatoms. The molecular formula is C24H26ClN5O2S. The van der Waals surface area contributed by atoms with Crippen LogP contribution in [0.1, 0.15) is 37.3 Å². The number of nitrogens with one attached hydrogen (secondary N) is 1. The molecule has 0 bridgehead atoms. The molecule has 1 saturated heterocycles. The number of hydrogen-bond acceptors (Lipinski definition) is 6. The van der Waals surface area contributed by atoms with Crippen LogP contribution >= 0.6 is 23.4 Å². The number of ether oxygens (including phenoxy) is 1. The number of carbonyl (C=O) groups is 1. The van der Waals surface area contributed by atoms with Crippen LogP contribution in [0.25, 0.3) is 11.4 Å². The summed E-state index contributed by atoms with van der Waals surface area (Å²) < 4.78 is 7.22. The number of thioether (sulfide) groups is 1. The Kier molecular flexibility index (Phi) is 6.46. The second kappa shape index (κ2) is 9.65. The van der Waals surface area contributed by atoms with Gasteiger partial charge in [0, 0.05) is 18.7 Å². The number of amides is 1. The van der Waals surface area contributed by atoms with Gasteiger partial charge in [0.1, 0.15) is 11.0 Å². The zero-order chi connectivity index (χ0) is 22.8. The Labute approximate surface area is 202 Å². The van der Waals surface area contributed by atoms with Gasteiger partial charge < -0.3 is 15.1 Å². The van der Waals surface area contributed by atoms with Gasteiger partial charge in [-0.1, -0.05) is 72.6 Å². The lowest BCUT2D eigenvalue weighted by atomic mass is 10.0. The molecule has 3 aromatic rings. The van der Waals surface area contributed by atoms with Crippen molar-refractivity contribution in [2.45, 2.75) is 42.1 Å². The van der Waals surface area contributed by atoms with Gasteiger partial charge in [-0.2, -0.15) is 0 Å². The summed E-state index contributed by atoms with van der Waals surface area (Å²) in [6.45, 7) is 1.60. The predicted octanol–water partition coefficient (Wildman–Crippen LogP) is 4.77. The summed E-state index contributed by atoms with van der Waals surface area (Å²) in [4.78, 5) is 15.7. The van der Waals surface area contributed by atoms with Crippen molar-refractivity contribution >= 4 is 29.3 Å². The van der Waals surface area contributed by atoms with E-state index in [4.69, 9.17) is 16.3 Å². The molecule has 33 heavy (non-hydrogen) atoms. The Morgan fingerprint density at radius 2 is 1.85 bits per heavy atom. The first-order valence-electron chi connectivity index (χ1n) is 11.2. The van der Waals surface area contributed by atoms with Crippen LogP contribution in [-0.4, -0.2) is 51.1 Å². The Morgan fingerprint density at radius 3 is 2.55 bits per heavy atom. The van der Waals surface area contributed by atoms with Crippen LogP contribution in [0.4, 0.5) is 0 Å². The fourth-order valence-corrected chi connectivity index (χ4v) is 5.84. The highest BCUT2D eigenvalue weighted by atomic mass is 35.5. The van der Waals surface area contributed by atoms with Crippen LogP contribution < -0.4 is 10.2 Å². The van der Waals surface area contributed by atoms with E-state index in [0.717, 1.165) is 37.1 Å². The van der Waals surface area contributed by atoms with E-state index in [9.17, 15) is 4.79 Å². The highest BCUT2D eigenvalue weighted by Gasteiger charge is 2.40. The van der Waals surface area contributed by atoms with Crippen LogP contribution in [0.15, 0.2) is 53.7 Å². The van der Waals surface area contributed by atoms with Crippen molar-refractivity contribution in [2.24, 2.45) is 0 Å². The number of hydrogen-bond donors (Lipinski definition) is 1. The van der Waals surface area contributed by atoms with E-state index < -0.39 is 0 Å². The molecule has 0 radical (unpaired) electrons. The van der Waals surface area contributed by atoms with E-state index in [1.807, 2.05) is 58.1 Å². The summed E-state index contributed by atoms with van der Waals surface area (Å²) in [5.41, 5.74) is 5.40. The number of aromatic nitrogens is 3. The summed E-state index contributed by atoms with van der Waals surface area (Å²) in [6, 6.07) is 15.3. The molecule has 2 aliphatic heterocycles. The van der Waals surface area contributed by atoms with E-state index in [1.165, 1.54) is 24.6 Å². The normalized spacial score (nSPS) is 20.5. The van der Waals surface area contributed by atoms with Crippen molar-refractivity contribution < 1.29 is 9.53 Å². The molecule has 1 aromatic heterocycles. The molecule has 2 atom stereocenters. The van der Waals surface area contributed by atoms with E-state index in [1.54, 1.807) is 7.11 Å². The second-order valence-corrected chi connectivity index (χ2v) is 9.80. The number of likely N-dealkylation sites (tertiary alicyclic amines) is 1. The fraction of sp³-hybridized carbons (Fsp3) is 0.375. The van der Waals surface area contributed by atoms with Gasteiger partial charge in [-0.05, 0) is 30.5 Å². The highest BCUT2D eigenvalue weighted by molar-refractivity contribution is 8.00. The van der Waals surface area contributed by atoms with Crippen LogP contribution in [-0.2, 0) is 4.79 Å².